The number of rotatable bonds is 9. The number of hydrogen-bond donors (Lipinski definition) is 0. The molecule has 21 heavy (non-hydrogen) atoms. The molecule has 0 aliphatic heterocycles. The first-order valence-corrected chi connectivity index (χ1v) is 7.06. The van der Waals surface area contributed by atoms with Gasteiger partial charge in [0, 0.05) is 13.1 Å². The molecule has 1 amide bonds. The van der Waals surface area contributed by atoms with Gasteiger partial charge in [0.25, 0.3) is 0 Å². The van der Waals surface area contributed by atoms with Crippen molar-refractivity contribution in [2.45, 2.75) is 11.7 Å². The molecule has 0 bridgehead atoms. The predicted octanol–water partition coefficient (Wildman–Crippen LogP) is 0.139. The third-order valence-corrected chi connectivity index (χ3v) is 3.32. The number of thioether (sulfide) groups is 1. The van der Waals surface area contributed by atoms with Gasteiger partial charge < -0.3 is 9.64 Å². The van der Waals surface area contributed by atoms with Crippen LogP contribution >= 0.6 is 11.8 Å². The molecule has 0 fully saturated rings. The molecular formula is C12H17N5O3S. The lowest BCUT2D eigenvalue weighted by molar-refractivity contribution is -0.141. The van der Waals surface area contributed by atoms with Gasteiger partial charge >= 0.3 is 5.97 Å². The fourth-order valence-corrected chi connectivity index (χ4v) is 2.17. The molecule has 1 aromatic rings. The van der Waals surface area contributed by atoms with E-state index in [0.717, 1.165) is 11.8 Å². The van der Waals surface area contributed by atoms with Crippen LogP contribution in [-0.4, -0.2) is 62.9 Å². The van der Waals surface area contributed by atoms with Crippen LogP contribution in [0.2, 0.25) is 0 Å². The van der Waals surface area contributed by atoms with Crippen molar-refractivity contribution >= 4 is 23.6 Å². The normalized spacial score (nSPS) is 9.95. The lowest BCUT2D eigenvalue weighted by Gasteiger charge is -2.18. The zero-order valence-corrected chi connectivity index (χ0v) is 12.6. The van der Waals surface area contributed by atoms with Crippen molar-refractivity contribution in [1.29, 1.82) is 0 Å². The van der Waals surface area contributed by atoms with Gasteiger partial charge in [-0.25, -0.2) is 4.68 Å². The Kier molecular flexibility index (Phi) is 7.16. The second-order valence-electron chi connectivity index (χ2n) is 3.86. The average Bonchev–Trinajstić information content (AvgIpc) is 2.91. The van der Waals surface area contributed by atoms with Crippen LogP contribution in [0.4, 0.5) is 0 Å². The van der Waals surface area contributed by atoms with Crippen molar-refractivity contribution in [3.63, 3.8) is 0 Å². The van der Waals surface area contributed by atoms with E-state index >= 15 is 0 Å². The quantitative estimate of drug-likeness (QED) is 0.364. The van der Waals surface area contributed by atoms with Crippen LogP contribution in [0.5, 0.6) is 0 Å². The first-order valence-electron chi connectivity index (χ1n) is 6.07. The van der Waals surface area contributed by atoms with Gasteiger partial charge in [-0.2, -0.15) is 0 Å². The molecular weight excluding hydrogens is 294 g/mol. The van der Waals surface area contributed by atoms with Crippen molar-refractivity contribution in [2.24, 2.45) is 0 Å². The summed E-state index contributed by atoms with van der Waals surface area (Å²) < 4.78 is 5.83. The number of methoxy groups -OCH3 is 1. The number of aromatic nitrogens is 4. The van der Waals surface area contributed by atoms with Crippen LogP contribution in [-0.2, 0) is 20.9 Å². The second kappa shape index (κ2) is 8.90. The molecule has 0 aliphatic carbocycles. The summed E-state index contributed by atoms with van der Waals surface area (Å²) in [4.78, 5) is 24.8. The molecule has 114 valence electrons. The minimum atomic E-state index is -0.463. The topological polar surface area (TPSA) is 90.2 Å². The number of hydrogen-bond acceptors (Lipinski definition) is 7. The maximum absolute atomic E-state index is 12.0. The van der Waals surface area contributed by atoms with Gasteiger partial charge in [-0.3, -0.25) is 9.59 Å². The predicted molar refractivity (Wildman–Crippen MR) is 77.5 cm³/mol. The van der Waals surface area contributed by atoms with Crippen LogP contribution in [0.25, 0.3) is 0 Å². The highest BCUT2D eigenvalue weighted by Gasteiger charge is 2.15. The highest BCUT2D eigenvalue weighted by Crippen LogP contribution is 2.14. The van der Waals surface area contributed by atoms with Crippen LogP contribution in [0, 0.1) is 0 Å². The Hall–Kier alpha value is -2.16. The van der Waals surface area contributed by atoms with E-state index in [1.165, 1.54) is 11.8 Å². The fourth-order valence-electron chi connectivity index (χ4n) is 1.39. The van der Waals surface area contributed by atoms with E-state index in [4.69, 9.17) is 0 Å². The third kappa shape index (κ3) is 5.38. The molecule has 0 atom stereocenters. The van der Waals surface area contributed by atoms with Gasteiger partial charge in [0.15, 0.2) is 0 Å². The first-order chi connectivity index (χ1) is 10.1. The summed E-state index contributed by atoms with van der Waals surface area (Å²) in [5.74, 6) is -0.397. The Morgan fingerprint density at radius 3 is 2.62 bits per heavy atom. The minimum absolute atomic E-state index is 0.0904. The number of ether oxygens (including phenoxy) is 1. The number of amides is 1. The number of carbonyl (C=O) groups excluding carboxylic acids is 2. The Morgan fingerprint density at radius 2 is 2.05 bits per heavy atom. The van der Waals surface area contributed by atoms with Gasteiger partial charge in [-0.1, -0.05) is 23.9 Å². The lowest BCUT2D eigenvalue weighted by atomic mass is 10.4. The molecule has 0 saturated heterocycles. The molecule has 0 spiro atoms. The molecule has 1 heterocycles. The zero-order chi connectivity index (χ0) is 15.7. The number of esters is 1. The molecule has 0 unspecified atom stereocenters. The summed E-state index contributed by atoms with van der Waals surface area (Å²) >= 11 is 1.15. The van der Waals surface area contributed by atoms with Crippen LogP contribution in [0.3, 0.4) is 0 Å². The summed E-state index contributed by atoms with van der Waals surface area (Å²) in [6, 6.07) is 0. The smallest absolute Gasteiger partial charge is 0.327 e. The van der Waals surface area contributed by atoms with Gasteiger partial charge in [-0.05, 0) is 10.4 Å². The first kappa shape index (κ1) is 16.9. The summed E-state index contributed by atoms with van der Waals surface area (Å²) in [7, 11) is 1.28. The highest BCUT2D eigenvalue weighted by molar-refractivity contribution is 7.99. The van der Waals surface area contributed by atoms with Crippen LogP contribution < -0.4 is 0 Å². The van der Waals surface area contributed by atoms with Gasteiger partial charge in [0.05, 0.1) is 12.9 Å². The van der Waals surface area contributed by atoms with E-state index in [9.17, 15) is 9.59 Å². The van der Waals surface area contributed by atoms with E-state index < -0.39 is 5.97 Å². The number of nitrogens with zero attached hydrogens (tertiary/aromatic N) is 5. The van der Waals surface area contributed by atoms with Crippen molar-refractivity contribution in [3.05, 3.63) is 25.3 Å². The van der Waals surface area contributed by atoms with Crippen molar-refractivity contribution in [3.8, 4) is 0 Å². The Labute approximate surface area is 126 Å². The van der Waals surface area contributed by atoms with Crippen LogP contribution in [0.15, 0.2) is 30.5 Å². The second-order valence-corrected chi connectivity index (χ2v) is 4.80. The standard InChI is InChI=1S/C12H17N5O3S/c1-4-6-16(7-5-2)10(18)9-21-12-13-14-15-17(12)8-11(19)20-3/h4-5H,1-2,6-9H2,3H3. The molecule has 0 aliphatic rings. The summed E-state index contributed by atoms with van der Waals surface area (Å²) in [5.41, 5.74) is 0. The molecule has 0 N–H and O–H groups in total. The lowest BCUT2D eigenvalue weighted by Crippen LogP contribution is -2.32. The van der Waals surface area contributed by atoms with Crippen molar-refractivity contribution in [1.82, 2.24) is 25.1 Å². The van der Waals surface area contributed by atoms with E-state index in [0.29, 0.717) is 18.2 Å². The molecule has 9 heteroatoms. The molecule has 0 aromatic carbocycles. The Bertz CT molecular complexity index is 507. The maximum Gasteiger partial charge on any atom is 0.327 e. The van der Waals surface area contributed by atoms with E-state index in [2.05, 4.69) is 33.4 Å². The molecule has 1 rings (SSSR count). The van der Waals surface area contributed by atoms with Gasteiger partial charge in [0.2, 0.25) is 11.1 Å². The van der Waals surface area contributed by atoms with Gasteiger partial charge in [0.1, 0.15) is 6.54 Å². The van der Waals surface area contributed by atoms with Crippen molar-refractivity contribution < 1.29 is 14.3 Å². The number of tetrazole rings is 1. The fraction of sp³-hybridized carbons (Fsp3) is 0.417. The molecule has 8 nitrogen and oxygen atoms in total. The molecule has 0 radical (unpaired) electrons. The minimum Gasteiger partial charge on any atom is -0.468 e. The Morgan fingerprint density at radius 1 is 1.38 bits per heavy atom. The Balaban J connectivity index is 2.60. The summed E-state index contributed by atoms with van der Waals surface area (Å²) in [5, 5.41) is 11.3. The van der Waals surface area contributed by atoms with E-state index in [1.54, 1.807) is 17.1 Å². The maximum atomic E-state index is 12.0. The monoisotopic (exact) mass is 311 g/mol. The zero-order valence-electron chi connectivity index (χ0n) is 11.8. The highest BCUT2D eigenvalue weighted by atomic mass is 32.2. The number of carbonyl (C=O) groups is 2. The summed E-state index contributed by atoms with van der Waals surface area (Å²) in [6.45, 7) is 8.01. The largest absolute Gasteiger partial charge is 0.468 e. The van der Waals surface area contributed by atoms with Gasteiger partial charge in [-0.15, -0.1) is 18.3 Å². The average molecular weight is 311 g/mol. The van der Waals surface area contributed by atoms with Crippen molar-refractivity contribution in [2.75, 3.05) is 26.0 Å². The van der Waals surface area contributed by atoms with Crippen LogP contribution in [0.1, 0.15) is 0 Å². The summed E-state index contributed by atoms with van der Waals surface area (Å²) in [6.07, 6.45) is 3.29. The SMILES string of the molecule is C=CCN(CC=C)C(=O)CSc1nnnn1CC(=O)OC. The molecule has 0 saturated carbocycles. The van der Waals surface area contributed by atoms with E-state index in [-0.39, 0.29) is 18.2 Å². The molecule has 1 aromatic heterocycles. The third-order valence-electron chi connectivity index (χ3n) is 2.38. The van der Waals surface area contributed by atoms with E-state index in [1.807, 2.05) is 0 Å².